The van der Waals surface area contributed by atoms with Gasteiger partial charge in [0, 0.05) is 6.42 Å². The van der Waals surface area contributed by atoms with Crippen molar-refractivity contribution in [3.8, 4) is 0 Å². The molecule has 0 saturated carbocycles. The van der Waals surface area contributed by atoms with E-state index in [0.29, 0.717) is 0 Å². The van der Waals surface area contributed by atoms with E-state index in [1.165, 1.54) is 12.1 Å². The van der Waals surface area contributed by atoms with Crippen LogP contribution in [0.15, 0.2) is 29.2 Å². The predicted octanol–water partition coefficient (Wildman–Crippen LogP) is 2.26. The number of rotatable bonds is 7. The number of ether oxygens (including phenoxy) is 1. The highest BCUT2D eigenvalue weighted by atomic mass is 35.5. The van der Waals surface area contributed by atoms with Gasteiger partial charge in [-0.3, -0.25) is 8.98 Å². The number of hydrogen-bond donors (Lipinski definition) is 0. The van der Waals surface area contributed by atoms with E-state index in [0.717, 1.165) is 5.56 Å². The normalized spacial score (nSPS) is 12.9. The van der Waals surface area contributed by atoms with Crippen LogP contribution in [0.5, 0.6) is 0 Å². The zero-order valence-electron chi connectivity index (χ0n) is 11.3. The summed E-state index contributed by atoms with van der Waals surface area (Å²) in [6, 6.07) is 6.37. The summed E-state index contributed by atoms with van der Waals surface area (Å²) in [6.07, 6.45) is -0.178. The molecule has 0 bridgehead atoms. The molecule has 1 rings (SSSR count). The molecule has 7 heteroatoms. The summed E-state index contributed by atoms with van der Waals surface area (Å²) in [5.41, 5.74) is 0.963. The molecule has 0 aromatic heterocycles. The summed E-state index contributed by atoms with van der Waals surface area (Å²) in [4.78, 5) is 11.0. The fraction of sp³-hybridized carbons (Fsp3) is 0.462. The molecule has 0 aliphatic heterocycles. The Morgan fingerprint density at radius 3 is 2.45 bits per heavy atom. The summed E-state index contributed by atoms with van der Waals surface area (Å²) in [7, 11) is -3.77. The van der Waals surface area contributed by atoms with Gasteiger partial charge in [0.05, 0.1) is 11.5 Å². The molecule has 0 saturated heterocycles. The maximum Gasteiger partial charge on any atom is 0.321 e. The number of carbonyl (C=O) groups is 1. The molecule has 112 valence electrons. The topological polar surface area (TPSA) is 69.7 Å². The highest BCUT2D eigenvalue weighted by Gasteiger charge is 2.16. The van der Waals surface area contributed by atoms with Crippen LogP contribution >= 0.6 is 11.6 Å². The maximum atomic E-state index is 11.9. The quantitative estimate of drug-likeness (QED) is 0.438. The third-order valence-electron chi connectivity index (χ3n) is 2.51. The van der Waals surface area contributed by atoms with Crippen LogP contribution in [0.1, 0.15) is 18.9 Å². The lowest BCUT2D eigenvalue weighted by Gasteiger charge is -2.12. The van der Waals surface area contributed by atoms with Crippen LogP contribution in [0.3, 0.4) is 0 Å². The second-order valence-corrected chi connectivity index (χ2v) is 6.19. The van der Waals surface area contributed by atoms with Gasteiger partial charge in [0.1, 0.15) is 12.0 Å². The zero-order valence-corrected chi connectivity index (χ0v) is 12.9. The minimum atomic E-state index is -3.77. The number of carbonyl (C=O) groups excluding carboxylic acids is 1. The Labute approximate surface area is 124 Å². The van der Waals surface area contributed by atoms with Crippen LogP contribution in [-0.2, 0) is 23.8 Å². The molecule has 1 aromatic rings. The smallest absolute Gasteiger partial charge is 0.321 e. The standard InChI is InChI=1S/C13H17ClO5S/c1-10-3-5-12(6-4-10)20(16,17)18-8-7-11(2)19-13(15)9-14/h3-6,11H,7-9H2,1-2H3/t11-/m0/s1. The summed E-state index contributed by atoms with van der Waals surface area (Å²) in [5.74, 6) is -0.770. The number of esters is 1. The second kappa shape index (κ2) is 7.61. The maximum absolute atomic E-state index is 11.9. The largest absolute Gasteiger partial charge is 0.462 e. The average Bonchev–Trinajstić information content (AvgIpc) is 2.38. The van der Waals surface area contributed by atoms with Crippen molar-refractivity contribution in [2.24, 2.45) is 0 Å². The molecule has 1 atom stereocenters. The van der Waals surface area contributed by atoms with Gasteiger partial charge in [0.25, 0.3) is 10.1 Å². The fourth-order valence-electron chi connectivity index (χ4n) is 1.41. The second-order valence-electron chi connectivity index (χ2n) is 4.31. The third-order valence-corrected chi connectivity index (χ3v) is 4.06. The molecule has 0 aliphatic carbocycles. The van der Waals surface area contributed by atoms with E-state index in [2.05, 4.69) is 0 Å². The summed E-state index contributed by atoms with van der Waals surface area (Å²) < 4.78 is 33.5. The van der Waals surface area contributed by atoms with Gasteiger partial charge in [0.2, 0.25) is 0 Å². The van der Waals surface area contributed by atoms with Gasteiger partial charge in [0.15, 0.2) is 0 Å². The van der Waals surface area contributed by atoms with E-state index < -0.39 is 22.2 Å². The average molecular weight is 321 g/mol. The lowest BCUT2D eigenvalue weighted by molar-refractivity contribution is -0.145. The molecule has 0 spiro atoms. The highest BCUT2D eigenvalue weighted by Crippen LogP contribution is 2.14. The molecule has 1 aromatic carbocycles. The van der Waals surface area contributed by atoms with E-state index in [1.807, 2.05) is 6.92 Å². The van der Waals surface area contributed by atoms with Crippen LogP contribution < -0.4 is 0 Å². The fourth-order valence-corrected chi connectivity index (χ4v) is 2.40. The van der Waals surface area contributed by atoms with Crippen LogP contribution in [0.4, 0.5) is 0 Å². The monoisotopic (exact) mass is 320 g/mol. The van der Waals surface area contributed by atoms with E-state index in [4.69, 9.17) is 20.5 Å². The van der Waals surface area contributed by atoms with E-state index in [-0.39, 0.29) is 23.8 Å². The van der Waals surface area contributed by atoms with Crippen LogP contribution in [-0.4, -0.2) is 33.0 Å². The van der Waals surface area contributed by atoms with Crippen molar-refractivity contribution in [3.05, 3.63) is 29.8 Å². The Hall–Kier alpha value is -1.11. The first-order chi connectivity index (χ1) is 9.35. The number of hydrogen-bond acceptors (Lipinski definition) is 5. The molecule has 0 unspecified atom stereocenters. The minimum absolute atomic E-state index is 0.0626. The molecule has 5 nitrogen and oxygen atoms in total. The minimum Gasteiger partial charge on any atom is -0.462 e. The molecule has 0 fully saturated rings. The van der Waals surface area contributed by atoms with Crippen LogP contribution in [0.2, 0.25) is 0 Å². The van der Waals surface area contributed by atoms with Crippen molar-refractivity contribution in [3.63, 3.8) is 0 Å². The van der Waals surface area contributed by atoms with Gasteiger partial charge < -0.3 is 4.74 Å². The molecule has 0 amide bonds. The SMILES string of the molecule is Cc1ccc(S(=O)(=O)OCC[C@H](C)OC(=O)CCl)cc1. The zero-order chi connectivity index (χ0) is 15.2. The number of halogens is 1. The van der Waals surface area contributed by atoms with Gasteiger partial charge >= 0.3 is 5.97 Å². The number of aryl methyl sites for hydroxylation is 1. The van der Waals surface area contributed by atoms with Crippen molar-refractivity contribution in [1.29, 1.82) is 0 Å². The molecule has 0 aliphatic rings. The van der Waals surface area contributed by atoms with Crippen LogP contribution in [0, 0.1) is 6.92 Å². The van der Waals surface area contributed by atoms with E-state index in [1.54, 1.807) is 19.1 Å². The highest BCUT2D eigenvalue weighted by molar-refractivity contribution is 7.86. The first-order valence-corrected chi connectivity index (χ1v) is 8.01. The lowest BCUT2D eigenvalue weighted by atomic mass is 10.2. The Bertz CT molecular complexity index is 538. The van der Waals surface area contributed by atoms with Crippen molar-refractivity contribution < 1.29 is 22.1 Å². The predicted molar refractivity (Wildman–Crippen MR) is 75.2 cm³/mol. The van der Waals surface area contributed by atoms with Crippen LogP contribution in [0.25, 0.3) is 0 Å². The summed E-state index contributed by atoms with van der Waals surface area (Å²) in [6.45, 7) is 3.45. The lowest BCUT2D eigenvalue weighted by Crippen LogP contribution is -2.18. The van der Waals surface area contributed by atoms with Crippen molar-refractivity contribution in [1.82, 2.24) is 0 Å². The van der Waals surface area contributed by atoms with Gasteiger partial charge in [-0.1, -0.05) is 17.7 Å². The van der Waals surface area contributed by atoms with Crippen molar-refractivity contribution >= 4 is 27.7 Å². The summed E-state index contributed by atoms with van der Waals surface area (Å²) >= 11 is 5.29. The van der Waals surface area contributed by atoms with Gasteiger partial charge in [-0.15, -0.1) is 11.6 Å². The van der Waals surface area contributed by atoms with Gasteiger partial charge in [-0.2, -0.15) is 8.42 Å². The summed E-state index contributed by atoms with van der Waals surface area (Å²) in [5, 5.41) is 0. The molecule has 0 N–H and O–H groups in total. The number of alkyl halides is 1. The Balaban J connectivity index is 2.48. The molecule has 20 heavy (non-hydrogen) atoms. The molecular weight excluding hydrogens is 304 g/mol. The Kier molecular flexibility index (Phi) is 6.45. The Morgan fingerprint density at radius 2 is 1.90 bits per heavy atom. The molecule has 0 heterocycles. The first-order valence-electron chi connectivity index (χ1n) is 6.06. The van der Waals surface area contributed by atoms with E-state index in [9.17, 15) is 13.2 Å². The van der Waals surface area contributed by atoms with E-state index >= 15 is 0 Å². The molecular formula is C13H17ClO5S. The Morgan fingerprint density at radius 1 is 1.30 bits per heavy atom. The molecule has 0 radical (unpaired) electrons. The van der Waals surface area contributed by atoms with Crippen molar-refractivity contribution in [2.75, 3.05) is 12.5 Å². The van der Waals surface area contributed by atoms with Gasteiger partial charge in [-0.05, 0) is 26.0 Å². The van der Waals surface area contributed by atoms with Gasteiger partial charge in [-0.25, -0.2) is 0 Å². The third kappa shape index (κ3) is 5.48. The van der Waals surface area contributed by atoms with Crippen molar-refractivity contribution in [2.45, 2.75) is 31.3 Å². The first kappa shape index (κ1) is 16.9. The number of benzene rings is 1.